The number of nitrogens with one attached hydrogen (secondary N) is 1. The molecule has 0 bridgehead atoms. The smallest absolute Gasteiger partial charge is 0.258 e. The van der Waals surface area contributed by atoms with Crippen LogP contribution in [0.3, 0.4) is 0 Å². The monoisotopic (exact) mass is 499 g/mol. The number of nitrogen functional groups attached to an aromatic ring is 1. The van der Waals surface area contributed by atoms with Crippen molar-refractivity contribution in [1.82, 2.24) is 20.2 Å². The van der Waals surface area contributed by atoms with Crippen LogP contribution in [0.4, 0.5) is 5.82 Å². The van der Waals surface area contributed by atoms with Crippen LogP contribution in [-0.4, -0.2) is 47.0 Å². The molecule has 1 fully saturated rings. The molecule has 2 aromatic carbocycles. The Bertz CT molecular complexity index is 1130. The first kappa shape index (κ1) is 24.3. The molecule has 0 saturated carbocycles. The number of nitrogens with two attached hydrogens (primary N) is 1. The summed E-state index contributed by atoms with van der Waals surface area (Å²) in [5.74, 6) is 0.251. The molecule has 1 aliphatic rings. The Morgan fingerprint density at radius 1 is 1.15 bits per heavy atom. The van der Waals surface area contributed by atoms with Gasteiger partial charge in [0.25, 0.3) is 11.8 Å². The Morgan fingerprint density at radius 3 is 2.50 bits per heavy atom. The summed E-state index contributed by atoms with van der Waals surface area (Å²) in [7, 11) is 0. The van der Waals surface area contributed by atoms with E-state index in [1.807, 2.05) is 19.1 Å². The topological polar surface area (TPSA) is 93.4 Å². The first-order valence-electron chi connectivity index (χ1n) is 11.3. The molecule has 1 amide bonds. The van der Waals surface area contributed by atoms with E-state index in [0.717, 1.165) is 25.2 Å². The largest absolute Gasteiger partial charge is 0.467 e. The number of anilines is 1. The third-order valence-electron chi connectivity index (χ3n) is 5.82. The van der Waals surface area contributed by atoms with Crippen molar-refractivity contribution in [1.29, 1.82) is 0 Å². The molecule has 2 heterocycles. The van der Waals surface area contributed by atoms with Crippen LogP contribution in [0.5, 0.6) is 5.88 Å². The molecular weight excluding hydrogens is 473 g/mol. The molecule has 0 spiro atoms. The molecule has 3 aromatic rings. The lowest BCUT2D eigenvalue weighted by Crippen LogP contribution is -2.33. The Hall–Kier alpha value is -2.87. The maximum absolute atomic E-state index is 12.5. The van der Waals surface area contributed by atoms with Crippen molar-refractivity contribution >= 4 is 34.9 Å². The van der Waals surface area contributed by atoms with Crippen LogP contribution in [0, 0.1) is 0 Å². The standard InChI is InChI=1S/C25H27Cl2N5O2/c1-16(22-19(26)5-4-6-20(22)27)34-25-23(28)30-15-21(31-25)17-7-9-18(10-8-17)24(33)29-11-14-32-12-2-3-13-32/h4-10,15-16H,2-3,11-14H2,1H3,(H2,28,30)(H,29,33). The van der Waals surface area contributed by atoms with E-state index in [-0.39, 0.29) is 17.6 Å². The van der Waals surface area contributed by atoms with Crippen molar-refractivity contribution in [3.63, 3.8) is 0 Å². The first-order chi connectivity index (χ1) is 16.4. The predicted molar refractivity (Wildman–Crippen MR) is 135 cm³/mol. The molecule has 1 saturated heterocycles. The quantitative estimate of drug-likeness (QED) is 0.452. The summed E-state index contributed by atoms with van der Waals surface area (Å²) in [6, 6.07) is 12.5. The second kappa shape index (κ2) is 11.0. The van der Waals surface area contributed by atoms with Gasteiger partial charge in [0.1, 0.15) is 6.10 Å². The van der Waals surface area contributed by atoms with Gasteiger partial charge in [-0.05, 0) is 57.1 Å². The zero-order valence-electron chi connectivity index (χ0n) is 18.9. The Labute approximate surface area is 209 Å². The number of amides is 1. The minimum absolute atomic E-state index is 0.0939. The Morgan fingerprint density at radius 2 is 1.82 bits per heavy atom. The number of hydrogen-bond donors (Lipinski definition) is 2. The highest BCUT2D eigenvalue weighted by Crippen LogP contribution is 2.34. The van der Waals surface area contributed by atoms with Crippen LogP contribution in [0.15, 0.2) is 48.7 Å². The number of nitrogens with zero attached hydrogens (tertiary/aromatic N) is 3. The van der Waals surface area contributed by atoms with Crippen LogP contribution in [0.2, 0.25) is 10.0 Å². The van der Waals surface area contributed by atoms with Crippen molar-refractivity contribution in [3.8, 4) is 17.1 Å². The van der Waals surface area contributed by atoms with Gasteiger partial charge in [0.15, 0.2) is 5.82 Å². The number of halogens is 2. The van der Waals surface area contributed by atoms with E-state index in [1.54, 1.807) is 36.5 Å². The highest BCUT2D eigenvalue weighted by atomic mass is 35.5. The lowest BCUT2D eigenvalue weighted by atomic mass is 10.1. The van der Waals surface area contributed by atoms with Crippen molar-refractivity contribution in [2.45, 2.75) is 25.9 Å². The molecule has 4 rings (SSSR count). The van der Waals surface area contributed by atoms with Gasteiger partial charge in [-0.2, -0.15) is 0 Å². The number of carbonyl (C=O) groups excluding carboxylic acids is 1. The number of carbonyl (C=O) groups is 1. The average molecular weight is 500 g/mol. The van der Waals surface area contributed by atoms with E-state index >= 15 is 0 Å². The van der Waals surface area contributed by atoms with E-state index in [2.05, 4.69) is 20.2 Å². The van der Waals surface area contributed by atoms with Crippen LogP contribution >= 0.6 is 23.2 Å². The molecule has 0 aliphatic carbocycles. The number of ether oxygens (including phenoxy) is 1. The summed E-state index contributed by atoms with van der Waals surface area (Å²) in [6.45, 7) is 5.56. The fourth-order valence-electron chi connectivity index (χ4n) is 3.96. The van der Waals surface area contributed by atoms with Crippen molar-refractivity contribution < 1.29 is 9.53 Å². The molecule has 9 heteroatoms. The summed E-state index contributed by atoms with van der Waals surface area (Å²) in [5, 5.41) is 3.98. The van der Waals surface area contributed by atoms with Crippen molar-refractivity contribution in [3.05, 3.63) is 69.8 Å². The van der Waals surface area contributed by atoms with Gasteiger partial charge in [-0.15, -0.1) is 0 Å². The van der Waals surface area contributed by atoms with Gasteiger partial charge in [-0.25, -0.2) is 9.97 Å². The number of aromatic nitrogens is 2. The molecule has 1 unspecified atom stereocenters. The molecule has 178 valence electrons. The molecule has 7 nitrogen and oxygen atoms in total. The second-order valence-electron chi connectivity index (χ2n) is 8.22. The summed E-state index contributed by atoms with van der Waals surface area (Å²) < 4.78 is 5.97. The van der Waals surface area contributed by atoms with Crippen LogP contribution in [-0.2, 0) is 0 Å². The zero-order valence-corrected chi connectivity index (χ0v) is 20.4. The van der Waals surface area contributed by atoms with E-state index in [9.17, 15) is 4.79 Å². The van der Waals surface area contributed by atoms with Crippen LogP contribution in [0.1, 0.15) is 41.8 Å². The Balaban J connectivity index is 1.43. The Kier molecular flexibility index (Phi) is 7.88. The van der Waals surface area contributed by atoms with Crippen LogP contribution < -0.4 is 15.8 Å². The molecular formula is C25H27Cl2N5O2. The van der Waals surface area contributed by atoms with E-state index in [1.165, 1.54) is 12.8 Å². The minimum Gasteiger partial charge on any atom is -0.467 e. The highest BCUT2D eigenvalue weighted by Gasteiger charge is 2.18. The number of likely N-dealkylation sites (tertiary alicyclic amines) is 1. The number of rotatable bonds is 8. The second-order valence-corrected chi connectivity index (χ2v) is 9.04. The molecule has 0 radical (unpaired) electrons. The van der Waals surface area contributed by atoms with Gasteiger partial charge in [-0.1, -0.05) is 41.4 Å². The lowest BCUT2D eigenvalue weighted by molar-refractivity contribution is 0.0949. The third kappa shape index (κ3) is 5.78. The van der Waals surface area contributed by atoms with Gasteiger partial charge >= 0.3 is 0 Å². The molecule has 34 heavy (non-hydrogen) atoms. The van der Waals surface area contributed by atoms with E-state index in [0.29, 0.717) is 33.4 Å². The molecule has 1 aliphatic heterocycles. The third-order valence-corrected chi connectivity index (χ3v) is 6.48. The fraction of sp³-hybridized carbons (Fsp3) is 0.320. The average Bonchev–Trinajstić information content (AvgIpc) is 3.34. The minimum atomic E-state index is -0.486. The normalized spacial score (nSPS) is 14.7. The predicted octanol–water partition coefficient (Wildman–Crippen LogP) is 5.00. The van der Waals surface area contributed by atoms with Gasteiger partial charge < -0.3 is 20.7 Å². The van der Waals surface area contributed by atoms with Gasteiger partial charge in [-0.3, -0.25) is 4.79 Å². The number of benzene rings is 2. The van der Waals surface area contributed by atoms with Crippen LogP contribution in [0.25, 0.3) is 11.3 Å². The molecule has 1 aromatic heterocycles. The zero-order chi connectivity index (χ0) is 24.1. The molecule has 1 atom stereocenters. The van der Waals surface area contributed by atoms with E-state index < -0.39 is 6.10 Å². The summed E-state index contributed by atoms with van der Waals surface area (Å²) >= 11 is 12.6. The molecule has 3 N–H and O–H groups in total. The maximum Gasteiger partial charge on any atom is 0.258 e. The summed E-state index contributed by atoms with van der Waals surface area (Å²) in [6.07, 6.45) is 3.56. The maximum atomic E-state index is 12.5. The van der Waals surface area contributed by atoms with Crippen molar-refractivity contribution in [2.75, 3.05) is 31.9 Å². The van der Waals surface area contributed by atoms with Gasteiger partial charge in [0.05, 0.1) is 11.9 Å². The highest BCUT2D eigenvalue weighted by molar-refractivity contribution is 6.36. The summed E-state index contributed by atoms with van der Waals surface area (Å²) in [4.78, 5) is 23.6. The first-order valence-corrected chi connectivity index (χ1v) is 12.0. The SMILES string of the molecule is CC(Oc1nc(-c2ccc(C(=O)NCCN3CCCC3)cc2)cnc1N)c1c(Cl)cccc1Cl. The van der Waals surface area contributed by atoms with Gasteiger partial charge in [0, 0.05) is 39.8 Å². The van der Waals surface area contributed by atoms with Crippen molar-refractivity contribution in [2.24, 2.45) is 0 Å². The summed E-state index contributed by atoms with van der Waals surface area (Å²) in [5.41, 5.74) is 8.60. The fourth-order valence-corrected chi connectivity index (χ4v) is 4.67. The number of hydrogen-bond acceptors (Lipinski definition) is 6. The lowest BCUT2D eigenvalue weighted by Gasteiger charge is -2.18. The van der Waals surface area contributed by atoms with E-state index in [4.69, 9.17) is 33.7 Å². The van der Waals surface area contributed by atoms with Gasteiger partial charge in [0.2, 0.25) is 0 Å².